The minimum Gasteiger partial charge on any atom is -0.465 e. The third-order valence-electron chi connectivity index (χ3n) is 2.46. The number of thiazole rings is 1. The van der Waals surface area contributed by atoms with Crippen LogP contribution in [0, 0.1) is 0 Å². The predicted molar refractivity (Wildman–Crippen MR) is 71.7 cm³/mol. The second kappa shape index (κ2) is 5.50. The van der Waals surface area contributed by atoms with Crippen molar-refractivity contribution < 1.29 is 9.90 Å². The molecule has 0 fully saturated rings. The third kappa shape index (κ3) is 3.21. The monoisotopic (exact) mass is 263 g/mol. The van der Waals surface area contributed by atoms with Gasteiger partial charge in [-0.3, -0.25) is 0 Å². The average molecular weight is 263 g/mol. The standard InChI is InChI=1S/C12H13N3O2S/c13-11-15-10(7-18-11)9-3-1-8(2-4-9)5-6-14-12(16)17/h1-4,7,14H,5-6H2,(H2,13,15)(H,16,17). The molecule has 1 aromatic carbocycles. The Bertz CT molecular complexity index is 537. The lowest BCUT2D eigenvalue weighted by Crippen LogP contribution is -2.23. The molecule has 0 saturated carbocycles. The molecule has 2 rings (SSSR count). The molecule has 4 N–H and O–H groups in total. The van der Waals surface area contributed by atoms with Gasteiger partial charge >= 0.3 is 6.09 Å². The van der Waals surface area contributed by atoms with Crippen molar-refractivity contribution in [3.8, 4) is 11.3 Å². The van der Waals surface area contributed by atoms with E-state index in [1.807, 2.05) is 29.6 Å². The van der Waals surface area contributed by atoms with Crippen LogP contribution in [0.4, 0.5) is 9.93 Å². The van der Waals surface area contributed by atoms with Crippen LogP contribution in [0.5, 0.6) is 0 Å². The molecule has 0 radical (unpaired) electrons. The molecule has 0 unspecified atom stereocenters. The highest BCUT2D eigenvalue weighted by Crippen LogP contribution is 2.23. The molecule has 0 aliphatic carbocycles. The van der Waals surface area contributed by atoms with Gasteiger partial charge in [-0.15, -0.1) is 11.3 Å². The number of rotatable bonds is 4. The zero-order valence-corrected chi connectivity index (χ0v) is 10.4. The highest BCUT2D eigenvalue weighted by molar-refractivity contribution is 7.13. The van der Waals surface area contributed by atoms with Gasteiger partial charge in [-0.1, -0.05) is 24.3 Å². The molecule has 0 spiro atoms. The summed E-state index contributed by atoms with van der Waals surface area (Å²) in [5, 5.41) is 13.3. The second-order valence-corrected chi connectivity index (χ2v) is 4.64. The zero-order chi connectivity index (χ0) is 13.0. The topological polar surface area (TPSA) is 88.2 Å². The van der Waals surface area contributed by atoms with Gasteiger partial charge in [0.2, 0.25) is 0 Å². The number of amides is 1. The minimum atomic E-state index is -0.996. The number of nitrogens with one attached hydrogen (secondary N) is 1. The van der Waals surface area contributed by atoms with Crippen molar-refractivity contribution in [1.82, 2.24) is 10.3 Å². The summed E-state index contributed by atoms with van der Waals surface area (Å²) < 4.78 is 0. The number of nitrogen functional groups attached to an aromatic ring is 1. The average Bonchev–Trinajstić information content (AvgIpc) is 2.76. The van der Waals surface area contributed by atoms with Crippen LogP contribution in [-0.2, 0) is 6.42 Å². The molecular weight excluding hydrogens is 250 g/mol. The molecule has 0 atom stereocenters. The van der Waals surface area contributed by atoms with Crippen molar-refractivity contribution in [2.24, 2.45) is 0 Å². The van der Waals surface area contributed by atoms with E-state index in [1.54, 1.807) is 0 Å². The van der Waals surface area contributed by atoms with Crippen LogP contribution in [0.1, 0.15) is 5.56 Å². The van der Waals surface area contributed by atoms with E-state index in [2.05, 4.69) is 10.3 Å². The molecule has 0 aliphatic heterocycles. The van der Waals surface area contributed by atoms with Gasteiger partial charge in [0.15, 0.2) is 5.13 Å². The first-order valence-electron chi connectivity index (χ1n) is 5.42. The molecular formula is C12H13N3O2S. The van der Waals surface area contributed by atoms with Crippen molar-refractivity contribution in [3.63, 3.8) is 0 Å². The fourth-order valence-electron chi connectivity index (χ4n) is 1.58. The molecule has 0 aliphatic rings. The van der Waals surface area contributed by atoms with Gasteiger partial charge in [0.25, 0.3) is 0 Å². The smallest absolute Gasteiger partial charge is 0.404 e. The lowest BCUT2D eigenvalue weighted by atomic mass is 10.1. The number of benzene rings is 1. The van der Waals surface area contributed by atoms with Crippen molar-refractivity contribution in [2.75, 3.05) is 12.3 Å². The van der Waals surface area contributed by atoms with Crippen LogP contribution in [0.25, 0.3) is 11.3 Å². The maximum atomic E-state index is 10.3. The quantitative estimate of drug-likeness (QED) is 0.789. The number of anilines is 1. The SMILES string of the molecule is Nc1nc(-c2ccc(CCNC(=O)O)cc2)cs1. The molecule has 5 nitrogen and oxygen atoms in total. The number of carboxylic acid groups (broad SMARTS) is 1. The molecule has 2 aromatic rings. The Morgan fingerprint density at radius 2 is 2.11 bits per heavy atom. The Kier molecular flexibility index (Phi) is 3.78. The van der Waals surface area contributed by atoms with Gasteiger partial charge in [-0.05, 0) is 12.0 Å². The van der Waals surface area contributed by atoms with Crippen LogP contribution >= 0.6 is 11.3 Å². The summed E-state index contributed by atoms with van der Waals surface area (Å²) in [5.74, 6) is 0. The fourth-order valence-corrected chi connectivity index (χ4v) is 2.15. The fraction of sp³-hybridized carbons (Fsp3) is 0.167. The first-order chi connectivity index (χ1) is 8.65. The Morgan fingerprint density at radius 3 is 2.67 bits per heavy atom. The molecule has 6 heteroatoms. The van der Waals surface area contributed by atoms with Gasteiger partial charge in [-0.2, -0.15) is 0 Å². The molecule has 1 heterocycles. The molecule has 1 amide bonds. The Morgan fingerprint density at radius 1 is 1.39 bits per heavy atom. The highest BCUT2D eigenvalue weighted by atomic mass is 32.1. The van der Waals surface area contributed by atoms with Gasteiger partial charge in [0, 0.05) is 17.5 Å². The number of aromatic nitrogens is 1. The molecule has 94 valence electrons. The number of hydrogen-bond acceptors (Lipinski definition) is 4. The Hall–Kier alpha value is -2.08. The van der Waals surface area contributed by atoms with Crippen LogP contribution in [0.2, 0.25) is 0 Å². The van der Waals surface area contributed by atoms with Gasteiger partial charge < -0.3 is 16.2 Å². The third-order valence-corrected chi connectivity index (χ3v) is 3.14. The van der Waals surface area contributed by atoms with E-state index in [0.29, 0.717) is 18.1 Å². The van der Waals surface area contributed by atoms with Gasteiger partial charge in [-0.25, -0.2) is 9.78 Å². The van der Waals surface area contributed by atoms with Gasteiger partial charge in [0.1, 0.15) is 0 Å². The van der Waals surface area contributed by atoms with Crippen molar-refractivity contribution in [1.29, 1.82) is 0 Å². The van der Waals surface area contributed by atoms with Crippen LogP contribution in [0.3, 0.4) is 0 Å². The lowest BCUT2D eigenvalue weighted by Gasteiger charge is -2.03. The van der Waals surface area contributed by atoms with E-state index in [9.17, 15) is 4.79 Å². The largest absolute Gasteiger partial charge is 0.465 e. The van der Waals surface area contributed by atoms with E-state index in [1.165, 1.54) is 11.3 Å². The van der Waals surface area contributed by atoms with Crippen LogP contribution in [-0.4, -0.2) is 22.7 Å². The van der Waals surface area contributed by atoms with Gasteiger partial charge in [0.05, 0.1) is 5.69 Å². The van der Waals surface area contributed by atoms with Crippen LogP contribution in [0.15, 0.2) is 29.6 Å². The first kappa shape index (κ1) is 12.4. The van der Waals surface area contributed by atoms with Crippen molar-refractivity contribution in [2.45, 2.75) is 6.42 Å². The summed E-state index contributed by atoms with van der Waals surface area (Å²) >= 11 is 1.41. The van der Waals surface area contributed by atoms with E-state index in [-0.39, 0.29) is 0 Å². The normalized spacial score (nSPS) is 10.2. The van der Waals surface area contributed by atoms with Crippen molar-refractivity contribution in [3.05, 3.63) is 35.2 Å². The number of carbonyl (C=O) groups is 1. The summed E-state index contributed by atoms with van der Waals surface area (Å²) in [7, 11) is 0. The number of hydrogen-bond donors (Lipinski definition) is 3. The minimum absolute atomic E-state index is 0.415. The summed E-state index contributed by atoms with van der Waals surface area (Å²) in [6, 6.07) is 7.86. The molecule has 0 saturated heterocycles. The Labute approximate surface area is 108 Å². The van der Waals surface area contributed by atoms with E-state index < -0.39 is 6.09 Å². The molecule has 18 heavy (non-hydrogen) atoms. The summed E-state index contributed by atoms with van der Waals surface area (Å²) in [6.07, 6.45) is -0.323. The zero-order valence-electron chi connectivity index (χ0n) is 9.59. The molecule has 1 aromatic heterocycles. The maximum absolute atomic E-state index is 10.3. The van der Waals surface area contributed by atoms with E-state index >= 15 is 0 Å². The molecule has 0 bridgehead atoms. The lowest BCUT2D eigenvalue weighted by molar-refractivity contribution is 0.194. The van der Waals surface area contributed by atoms with E-state index in [0.717, 1.165) is 16.8 Å². The first-order valence-corrected chi connectivity index (χ1v) is 6.30. The van der Waals surface area contributed by atoms with Crippen LogP contribution < -0.4 is 11.1 Å². The summed E-state index contributed by atoms with van der Waals surface area (Å²) in [6.45, 7) is 0.415. The predicted octanol–water partition coefficient (Wildman–Crippen LogP) is 2.20. The maximum Gasteiger partial charge on any atom is 0.404 e. The second-order valence-electron chi connectivity index (χ2n) is 3.75. The van der Waals surface area contributed by atoms with Crippen molar-refractivity contribution >= 4 is 22.6 Å². The summed E-state index contributed by atoms with van der Waals surface area (Å²) in [5.41, 5.74) is 8.54. The highest BCUT2D eigenvalue weighted by Gasteiger charge is 2.02. The van der Waals surface area contributed by atoms with E-state index in [4.69, 9.17) is 10.8 Å². The number of nitrogens with two attached hydrogens (primary N) is 1. The summed E-state index contributed by atoms with van der Waals surface area (Å²) in [4.78, 5) is 14.5. The number of nitrogens with zero attached hydrogens (tertiary/aromatic N) is 1. The Balaban J connectivity index is 1.99.